The lowest BCUT2D eigenvalue weighted by Gasteiger charge is -2.10. The van der Waals surface area contributed by atoms with Gasteiger partial charge in [0.1, 0.15) is 17.4 Å². The zero-order valence-corrected chi connectivity index (χ0v) is 13.6. The summed E-state index contributed by atoms with van der Waals surface area (Å²) in [4.78, 5) is 8.73. The highest BCUT2D eigenvalue weighted by Crippen LogP contribution is 2.31. The van der Waals surface area contributed by atoms with E-state index in [9.17, 15) is 0 Å². The van der Waals surface area contributed by atoms with Gasteiger partial charge in [-0.05, 0) is 25.1 Å². The third-order valence-corrected chi connectivity index (χ3v) is 3.34. The van der Waals surface area contributed by atoms with E-state index in [1.165, 1.54) is 0 Å². The van der Waals surface area contributed by atoms with Crippen molar-refractivity contribution in [3.8, 4) is 11.6 Å². The first kappa shape index (κ1) is 15.1. The number of halogens is 2. The van der Waals surface area contributed by atoms with Crippen LogP contribution in [0, 0.1) is 0 Å². The first-order valence-electron chi connectivity index (χ1n) is 6.37. The highest BCUT2D eigenvalue weighted by molar-refractivity contribution is 9.10. The van der Waals surface area contributed by atoms with Gasteiger partial charge >= 0.3 is 0 Å². The van der Waals surface area contributed by atoms with Gasteiger partial charge in [-0.2, -0.15) is 4.98 Å². The van der Waals surface area contributed by atoms with Crippen LogP contribution in [0.1, 0.15) is 19.7 Å². The van der Waals surface area contributed by atoms with Gasteiger partial charge in [0.2, 0.25) is 5.88 Å². The highest BCUT2D eigenvalue weighted by atomic mass is 79.9. The van der Waals surface area contributed by atoms with E-state index < -0.39 is 0 Å². The molecule has 4 nitrogen and oxygen atoms in total. The summed E-state index contributed by atoms with van der Waals surface area (Å²) in [5.74, 6) is 2.52. The topological polar surface area (TPSA) is 47.0 Å². The molecule has 0 atom stereocenters. The Morgan fingerprint density at radius 1 is 1.25 bits per heavy atom. The summed E-state index contributed by atoms with van der Waals surface area (Å²) in [7, 11) is 0. The second kappa shape index (κ2) is 6.90. The van der Waals surface area contributed by atoms with E-state index >= 15 is 0 Å². The fraction of sp³-hybridized carbons (Fsp3) is 0.286. The first-order chi connectivity index (χ1) is 9.62. The highest BCUT2D eigenvalue weighted by Gasteiger charge is 2.08. The number of aromatic nitrogens is 2. The predicted molar refractivity (Wildman–Crippen MR) is 84.8 cm³/mol. The molecule has 0 radical (unpaired) electrons. The quantitative estimate of drug-likeness (QED) is 0.845. The molecule has 0 saturated heterocycles. The molecule has 0 saturated carbocycles. The predicted octanol–water partition coefficient (Wildman–Crippen LogP) is 4.68. The second-order valence-electron chi connectivity index (χ2n) is 4.07. The summed E-state index contributed by atoms with van der Waals surface area (Å²) in [6.07, 6.45) is 0.738. The van der Waals surface area contributed by atoms with E-state index in [1.807, 2.05) is 26.0 Å². The second-order valence-corrected chi connectivity index (χ2v) is 5.39. The molecule has 0 aliphatic carbocycles. The van der Waals surface area contributed by atoms with E-state index in [2.05, 4.69) is 31.2 Å². The van der Waals surface area contributed by atoms with Crippen molar-refractivity contribution in [1.29, 1.82) is 0 Å². The normalized spacial score (nSPS) is 10.4. The van der Waals surface area contributed by atoms with Crippen LogP contribution >= 0.6 is 27.5 Å². The summed E-state index contributed by atoms with van der Waals surface area (Å²) in [6, 6.07) is 7.20. The minimum Gasteiger partial charge on any atom is -0.437 e. The number of rotatable bonds is 5. The SMILES string of the molecule is CCNc1cc(Oc2cc(Br)ccc2Cl)nc(CC)n1. The van der Waals surface area contributed by atoms with Crippen molar-refractivity contribution in [2.45, 2.75) is 20.3 Å². The van der Waals surface area contributed by atoms with Gasteiger partial charge in [-0.25, -0.2) is 4.98 Å². The molecule has 0 aliphatic heterocycles. The van der Waals surface area contributed by atoms with E-state index in [4.69, 9.17) is 16.3 Å². The number of aryl methyl sites for hydroxylation is 1. The van der Waals surface area contributed by atoms with Gasteiger partial charge < -0.3 is 10.1 Å². The number of hydrogen-bond donors (Lipinski definition) is 1. The van der Waals surface area contributed by atoms with Gasteiger partial charge in [-0.15, -0.1) is 0 Å². The maximum absolute atomic E-state index is 6.12. The van der Waals surface area contributed by atoms with Crippen molar-refractivity contribution in [2.75, 3.05) is 11.9 Å². The fourth-order valence-corrected chi connectivity index (χ4v) is 2.12. The molecule has 0 amide bonds. The number of anilines is 1. The first-order valence-corrected chi connectivity index (χ1v) is 7.54. The van der Waals surface area contributed by atoms with Crippen molar-refractivity contribution in [1.82, 2.24) is 9.97 Å². The van der Waals surface area contributed by atoms with Crippen LogP contribution in [0.25, 0.3) is 0 Å². The molecule has 0 bridgehead atoms. The molecule has 0 aliphatic rings. The summed E-state index contributed by atoms with van der Waals surface area (Å²) >= 11 is 9.51. The van der Waals surface area contributed by atoms with Gasteiger partial charge in [0.25, 0.3) is 0 Å². The summed E-state index contributed by atoms with van der Waals surface area (Å²) in [5.41, 5.74) is 0. The Morgan fingerprint density at radius 2 is 2.05 bits per heavy atom. The molecule has 2 aromatic rings. The van der Waals surface area contributed by atoms with Crippen molar-refractivity contribution >= 4 is 33.3 Å². The van der Waals surface area contributed by atoms with E-state index in [0.717, 1.165) is 29.1 Å². The smallest absolute Gasteiger partial charge is 0.224 e. The van der Waals surface area contributed by atoms with E-state index in [0.29, 0.717) is 16.7 Å². The van der Waals surface area contributed by atoms with Crippen LogP contribution in [-0.2, 0) is 6.42 Å². The largest absolute Gasteiger partial charge is 0.437 e. The fourth-order valence-electron chi connectivity index (χ4n) is 1.62. The minimum absolute atomic E-state index is 0.479. The average Bonchev–Trinajstić information content (AvgIpc) is 2.43. The molecule has 6 heteroatoms. The molecule has 0 spiro atoms. The number of hydrogen-bond acceptors (Lipinski definition) is 4. The van der Waals surface area contributed by atoms with Crippen molar-refractivity contribution < 1.29 is 4.74 Å². The summed E-state index contributed by atoms with van der Waals surface area (Å²) in [5, 5.41) is 3.70. The van der Waals surface area contributed by atoms with Crippen LogP contribution < -0.4 is 10.1 Å². The zero-order chi connectivity index (χ0) is 14.5. The lowest BCUT2D eigenvalue weighted by atomic mass is 10.3. The maximum Gasteiger partial charge on any atom is 0.224 e. The monoisotopic (exact) mass is 355 g/mol. The van der Waals surface area contributed by atoms with Crippen molar-refractivity contribution in [2.24, 2.45) is 0 Å². The van der Waals surface area contributed by atoms with Gasteiger partial charge in [0.15, 0.2) is 0 Å². The Labute approximate surface area is 131 Å². The standard InChI is InChI=1S/C14H15BrClN3O/c1-3-12-18-13(17-4-2)8-14(19-12)20-11-7-9(15)5-6-10(11)16/h5-8H,3-4H2,1-2H3,(H,17,18,19). The van der Waals surface area contributed by atoms with Crippen molar-refractivity contribution in [3.05, 3.63) is 39.6 Å². The molecule has 106 valence electrons. The van der Waals surface area contributed by atoms with Gasteiger partial charge in [0.05, 0.1) is 5.02 Å². The van der Waals surface area contributed by atoms with Crippen LogP contribution in [-0.4, -0.2) is 16.5 Å². The van der Waals surface area contributed by atoms with Crippen molar-refractivity contribution in [3.63, 3.8) is 0 Å². The third-order valence-electron chi connectivity index (χ3n) is 2.53. The Balaban J connectivity index is 2.32. The lowest BCUT2D eigenvalue weighted by Crippen LogP contribution is -2.04. The Hall–Kier alpha value is -1.33. The molecular formula is C14H15BrClN3O. The minimum atomic E-state index is 0.479. The lowest BCUT2D eigenvalue weighted by molar-refractivity contribution is 0.459. The van der Waals surface area contributed by atoms with Crippen LogP contribution in [0.5, 0.6) is 11.6 Å². The average molecular weight is 357 g/mol. The van der Waals surface area contributed by atoms with Gasteiger partial charge in [-0.1, -0.05) is 34.5 Å². The number of nitrogens with one attached hydrogen (secondary N) is 1. The van der Waals surface area contributed by atoms with E-state index in [1.54, 1.807) is 12.1 Å². The summed E-state index contributed by atoms with van der Waals surface area (Å²) in [6.45, 7) is 4.80. The summed E-state index contributed by atoms with van der Waals surface area (Å²) < 4.78 is 6.66. The number of nitrogens with zero attached hydrogens (tertiary/aromatic N) is 2. The molecule has 1 heterocycles. The molecule has 1 N–H and O–H groups in total. The van der Waals surface area contributed by atoms with Crippen LogP contribution in [0.4, 0.5) is 5.82 Å². The molecule has 2 rings (SSSR count). The number of ether oxygens (including phenoxy) is 1. The Kier molecular flexibility index (Phi) is 5.20. The van der Waals surface area contributed by atoms with Crippen LogP contribution in [0.3, 0.4) is 0 Å². The van der Waals surface area contributed by atoms with Gasteiger partial charge in [-0.3, -0.25) is 0 Å². The van der Waals surface area contributed by atoms with Crippen LogP contribution in [0.2, 0.25) is 5.02 Å². The molecule has 20 heavy (non-hydrogen) atoms. The molecule has 1 aromatic carbocycles. The molecular weight excluding hydrogens is 342 g/mol. The molecule has 0 unspecified atom stereocenters. The molecule has 1 aromatic heterocycles. The third kappa shape index (κ3) is 3.84. The number of benzene rings is 1. The zero-order valence-electron chi connectivity index (χ0n) is 11.3. The maximum atomic E-state index is 6.12. The van der Waals surface area contributed by atoms with E-state index in [-0.39, 0.29) is 0 Å². The Morgan fingerprint density at radius 3 is 2.75 bits per heavy atom. The van der Waals surface area contributed by atoms with Crippen LogP contribution in [0.15, 0.2) is 28.7 Å². The molecule has 0 fully saturated rings. The Bertz CT molecular complexity index is 607. The van der Waals surface area contributed by atoms with Gasteiger partial charge in [0, 0.05) is 23.5 Å².